The third-order valence-corrected chi connectivity index (χ3v) is 3.68. The van der Waals surface area contributed by atoms with Crippen LogP contribution in [0, 0.1) is 0 Å². The van der Waals surface area contributed by atoms with Crippen molar-refractivity contribution in [1.82, 2.24) is 4.72 Å². The highest BCUT2D eigenvalue weighted by Crippen LogP contribution is 2.09. The van der Waals surface area contributed by atoms with E-state index in [-0.39, 0.29) is 12.3 Å². The maximum absolute atomic E-state index is 11.8. The molecule has 0 atom stereocenters. The molecule has 6 heteroatoms. The summed E-state index contributed by atoms with van der Waals surface area (Å²) < 4.78 is 31.1. The molecule has 1 aromatic carbocycles. The molecule has 0 radical (unpaired) electrons. The maximum atomic E-state index is 11.8. The average molecular weight is 266 g/mol. The van der Waals surface area contributed by atoms with Gasteiger partial charge in [-0.25, -0.2) is 13.1 Å². The minimum atomic E-state index is -3.37. The lowest BCUT2D eigenvalue weighted by Gasteiger charge is -2.05. The molecule has 96 valence electrons. The molecule has 2 aromatic rings. The van der Waals surface area contributed by atoms with Gasteiger partial charge in [-0.3, -0.25) is 0 Å². The number of furan rings is 1. The van der Waals surface area contributed by atoms with E-state index >= 15 is 0 Å². The van der Waals surface area contributed by atoms with E-state index in [1.807, 2.05) is 0 Å². The molecule has 0 bridgehead atoms. The summed E-state index contributed by atoms with van der Waals surface area (Å²) in [5.41, 5.74) is 6.84. The Balaban J connectivity index is 1.97. The number of nitrogens with one attached hydrogen (secondary N) is 1. The molecule has 0 fully saturated rings. The summed E-state index contributed by atoms with van der Waals surface area (Å²) in [5, 5.41) is 0. The second-order valence-electron chi connectivity index (χ2n) is 3.90. The zero-order valence-electron chi connectivity index (χ0n) is 9.67. The van der Waals surface area contributed by atoms with Gasteiger partial charge in [0.05, 0.1) is 18.6 Å². The van der Waals surface area contributed by atoms with Crippen LogP contribution in [-0.4, -0.2) is 8.42 Å². The normalized spacial score (nSPS) is 11.6. The molecule has 3 N–H and O–H groups in total. The van der Waals surface area contributed by atoms with Gasteiger partial charge in [-0.05, 0) is 29.8 Å². The highest BCUT2D eigenvalue weighted by atomic mass is 32.2. The number of rotatable bonds is 5. The molecule has 18 heavy (non-hydrogen) atoms. The summed E-state index contributed by atoms with van der Waals surface area (Å²) in [7, 11) is -3.37. The quantitative estimate of drug-likeness (QED) is 0.803. The van der Waals surface area contributed by atoms with Gasteiger partial charge in [0.2, 0.25) is 10.0 Å². The minimum Gasteiger partial charge on any atom is -0.468 e. The Morgan fingerprint density at radius 1 is 1.17 bits per heavy atom. The average Bonchev–Trinajstić information content (AvgIpc) is 2.83. The summed E-state index contributed by atoms with van der Waals surface area (Å²) in [6.07, 6.45) is 1.50. The third kappa shape index (κ3) is 3.61. The van der Waals surface area contributed by atoms with Gasteiger partial charge >= 0.3 is 0 Å². The van der Waals surface area contributed by atoms with Crippen LogP contribution in [0.2, 0.25) is 0 Å². The Labute approximate surface area is 106 Å². The summed E-state index contributed by atoms with van der Waals surface area (Å²) >= 11 is 0. The Morgan fingerprint density at radius 2 is 1.89 bits per heavy atom. The Kier molecular flexibility index (Phi) is 3.69. The van der Waals surface area contributed by atoms with Crippen molar-refractivity contribution in [3.63, 3.8) is 0 Å². The Bertz CT molecular complexity index is 589. The summed E-state index contributed by atoms with van der Waals surface area (Å²) in [4.78, 5) is 0. The van der Waals surface area contributed by atoms with Crippen LogP contribution in [0.1, 0.15) is 11.3 Å². The van der Waals surface area contributed by atoms with Crippen molar-refractivity contribution in [2.45, 2.75) is 12.3 Å². The van der Waals surface area contributed by atoms with Crippen LogP contribution >= 0.6 is 0 Å². The standard InChI is InChI=1S/C12H14N2O3S/c13-11-5-3-10(4-6-11)9-18(15,16)14-8-12-2-1-7-17-12/h1-7,14H,8-9,13H2. The minimum absolute atomic E-state index is 0.0754. The molecule has 1 heterocycles. The van der Waals surface area contributed by atoms with Gasteiger partial charge < -0.3 is 10.2 Å². The van der Waals surface area contributed by atoms with Gasteiger partial charge in [-0.2, -0.15) is 0 Å². The number of hydrogen-bond acceptors (Lipinski definition) is 4. The van der Waals surface area contributed by atoms with Crippen LogP contribution in [0.4, 0.5) is 5.69 Å². The molecular formula is C12H14N2O3S. The van der Waals surface area contributed by atoms with E-state index in [9.17, 15) is 8.42 Å². The van der Waals surface area contributed by atoms with Crippen molar-refractivity contribution >= 4 is 15.7 Å². The molecule has 0 saturated carbocycles. The molecular weight excluding hydrogens is 252 g/mol. The van der Waals surface area contributed by atoms with Gasteiger partial charge in [-0.1, -0.05) is 12.1 Å². The highest BCUT2D eigenvalue weighted by Gasteiger charge is 2.11. The van der Waals surface area contributed by atoms with Crippen molar-refractivity contribution in [1.29, 1.82) is 0 Å². The third-order valence-electron chi connectivity index (χ3n) is 2.38. The van der Waals surface area contributed by atoms with Crippen molar-refractivity contribution in [2.75, 3.05) is 5.73 Å². The van der Waals surface area contributed by atoms with E-state index < -0.39 is 10.0 Å². The first kappa shape index (κ1) is 12.7. The van der Waals surface area contributed by atoms with E-state index in [1.54, 1.807) is 36.4 Å². The monoisotopic (exact) mass is 266 g/mol. The summed E-state index contributed by atoms with van der Waals surface area (Å²) in [5.74, 6) is 0.504. The molecule has 0 aliphatic heterocycles. The first-order chi connectivity index (χ1) is 8.55. The van der Waals surface area contributed by atoms with E-state index in [4.69, 9.17) is 10.2 Å². The maximum Gasteiger partial charge on any atom is 0.216 e. The first-order valence-electron chi connectivity index (χ1n) is 5.39. The van der Waals surface area contributed by atoms with E-state index in [1.165, 1.54) is 6.26 Å². The number of benzene rings is 1. The molecule has 0 spiro atoms. The smallest absolute Gasteiger partial charge is 0.216 e. The summed E-state index contributed by atoms with van der Waals surface area (Å²) in [6.45, 7) is 0.157. The molecule has 5 nitrogen and oxygen atoms in total. The topological polar surface area (TPSA) is 85.3 Å². The lowest BCUT2D eigenvalue weighted by Crippen LogP contribution is -2.24. The van der Waals surface area contributed by atoms with Crippen LogP contribution in [0.25, 0.3) is 0 Å². The van der Waals surface area contributed by atoms with Crippen molar-refractivity contribution in [3.8, 4) is 0 Å². The van der Waals surface area contributed by atoms with Gasteiger partial charge in [0.15, 0.2) is 0 Å². The fourth-order valence-corrected chi connectivity index (χ4v) is 2.57. The van der Waals surface area contributed by atoms with Gasteiger partial charge in [-0.15, -0.1) is 0 Å². The molecule has 0 saturated heterocycles. The van der Waals surface area contributed by atoms with Crippen LogP contribution < -0.4 is 10.5 Å². The zero-order chi connectivity index (χ0) is 13.0. The largest absolute Gasteiger partial charge is 0.468 e. The predicted molar refractivity (Wildman–Crippen MR) is 69.0 cm³/mol. The second kappa shape index (κ2) is 5.24. The number of anilines is 1. The van der Waals surface area contributed by atoms with Gasteiger partial charge in [0.1, 0.15) is 5.76 Å². The predicted octanol–water partition coefficient (Wildman–Crippen LogP) is 1.48. The van der Waals surface area contributed by atoms with Crippen LogP contribution in [0.15, 0.2) is 47.1 Å². The Morgan fingerprint density at radius 3 is 2.50 bits per heavy atom. The van der Waals surface area contributed by atoms with E-state index in [0.717, 1.165) is 0 Å². The zero-order valence-corrected chi connectivity index (χ0v) is 10.5. The molecule has 0 aliphatic rings. The van der Waals surface area contributed by atoms with Crippen molar-refractivity contribution < 1.29 is 12.8 Å². The van der Waals surface area contributed by atoms with Crippen LogP contribution in [0.5, 0.6) is 0 Å². The van der Waals surface area contributed by atoms with Gasteiger partial charge in [0, 0.05) is 5.69 Å². The van der Waals surface area contributed by atoms with Gasteiger partial charge in [0.25, 0.3) is 0 Å². The molecule has 0 aliphatic carbocycles. The SMILES string of the molecule is Nc1ccc(CS(=O)(=O)NCc2ccco2)cc1. The lowest BCUT2D eigenvalue weighted by molar-refractivity contribution is 0.498. The van der Waals surface area contributed by atoms with E-state index in [2.05, 4.69) is 4.72 Å². The number of sulfonamides is 1. The fraction of sp³-hybridized carbons (Fsp3) is 0.167. The van der Waals surface area contributed by atoms with Crippen molar-refractivity contribution in [2.24, 2.45) is 0 Å². The Hall–Kier alpha value is -1.79. The molecule has 0 amide bonds. The molecule has 0 unspecified atom stereocenters. The van der Waals surface area contributed by atoms with Crippen LogP contribution in [-0.2, 0) is 22.3 Å². The van der Waals surface area contributed by atoms with E-state index in [0.29, 0.717) is 17.0 Å². The number of nitrogens with two attached hydrogens (primary N) is 1. The van der Waals surface area contributed by atoms with Crippen LogP contribution in [0.3, 0.4) is 0 Å². The molecule has 2 rings (SSSR count). The summed E-state index contributed by atoms with van der Waals surface area (Å²) in [6, 6.07) is 10.2. The fourth-order valence-electron chi connectivity index (χ4n) is 1.48. The second-order valence-corrected chi connectivity index (χ2v) is 5.71. The number of nitrogen functional groups attached to an aromatic ring is 1. The number of hydrogen-bond donors (Lipinski definition) is 2. The lowest BCUT2D eigenvalue weighted by atomic mass is 10.2. The highest BCUT2D eigenvalue weighted by molar-refractivity contribution is 7.88. The molecule has 1 aromatic heterocycles. The first-order valence-corrected chi connectivity index (χ1v) is 7.04. The van der Waals surface area contributed by atoms with Crippen molar-refractivity contribution in [3.05, 3.63) is 54.0 Å².